The Balaban J connectivity index is 2.66. The molecule has 3 atom stereocenters. The van der Waals surface area contributed by atoms with E-state index in [1.54, 1.807) is 0 Å². The van der Waals surface area contributed by atoms with E-state index in [2.05, 4.69) is 12.3 Å². The number of hydrogen-bond acceptors (Lipinski definition) is 3. The smallest absolute Gasteiger partial charge is 0.374 e. The molecule has 0 bridgehead atoms. The van der Waals surface area contributed by atoms with E-state index < -0.39 is 18.2 Å². The van der Waals surface area contributed by atoms with Crippen molar-refractivity contribution in [2.75, 3.05) is 6.61 Å². The van der Waals surface area contributed by atoms with E-state index in [4.69, 9.17) is 10.6 Å². The summed E-state index contributed by atoms with van der Waals surface area (Å²) in [5.74, 6) is 6.13. The predicted octanol–water partition coefficient (Wildman–Crippen LogP) is 3.54. The van der Waals surface area contributed by atoms with Gasteiger partial charge in [0.1, 0.15) is 0 Å². The van der Waals surface area contributed by atoms with Gasteiger partial charge in [-0.1, -0.05) is 19.8 Å². The van der Waals surface area contributed by atoms with Gasteiger partial charge < -0.3 is 4.74 Å². The Morgan fingerprint density at radius 2 is 2.15 bits per heavy atom. The van der Waals surface area contributed by atoms with Crippen molar-refractivity contribution in [3.8, 4) is 0 Å². The van der Waals surface area contributed by atoms with Gasteiger partial charge in [-0.3, -0.25) is 11.3 Å². The predicted molar refractivity (Wildman–Crippen MR) is 73.0 cm³/mol. The number of hydrogen-bond donors (Lipinski definition) is 2. The number of hydrazine groups is 1. The molecule has 1 aliphatic carbocycles. The first kappa shape index (κ1) is 17.7. The van der Waals surface area contributed by atoms with E-state index in [9.17, 15) is 13.2 Å². The first-order valence-corrected chi connectivity index (χ1v) is 7.50. The minimum Gasteiger partial charge on any atom is -0.374 e. The third kappa shape index (κ3) is 5.22. The van der Waals surface area contributed by atoms with Gasteiger partial charge in [0.25, 0.3) is 0 Å². The quantitative estimate of drug-likeness (QED) is 0.558. The molecule has 0 aromatic rings. The summed E-state index contributed by atoms with van der Waals surface area (Å²) in [6.07, 6.45) is -0.466. The van der Waals surface area contributed by atoms with Crippen LogP contribution in [0.4, 0.5) is 13.2 Å². The highest BCUT2D eigenvalue weighted by Gasteiger charge is 2.42. The van der Waals surface area contributed by atoms with Crippen LogP contribution in [0, 0.1) is 5.92 Å². The maximum atomic E-state index is 12.3. The zero-order valence-electron chi connectivity index (χ0n) is 12.4. The van der Waals surface area contributed by atoms with Crippen molar-refractivity contribution in [3.63, 3.8) is 0 Å². The minimum atomic E-state index is -4.10. The van der Waals surface area contributed by atoms with Gasteiger partial charge in [0, 0.05) is 13.0 Å². The molecule has 0 saturated heterocycles. The van der Waals surface area contributed by atoms with Crippen molar-refractivity contribution in [1.82, 2.24) is 5.43 Å². The lowest BCUT2D eigenvalue weighted by molar-refractivity contribution is -0.139. The minimum absolute atomic E-state index is 0.0849. The zero-order chi connectivity index (χ0) is 15.2. The number of rotatable bonds is 7. The van der Waals surface area contributed by atoms with Gasteiger partial charge in [-0.2, -0.15) is 13.2 Å². The van der Waals surface area contributed by atoms with Crippen LogP contribution in [0.25, 0.3) is 0 Å². The molecule has 0 aromatic carbocycles. The summed E-state index contributed by atoms with van der Waals surface area (Å²) in [4.78, 5) is 0. The Labute approximate surface area is 119 Å². The molecule has 6 heteroatoms. The average molecular weight is 296 g/mol. The molecule has 1 saturated carbocycles. The first-order chi connectivity index (χ1) is 9.33. The Hall–Kier alpha value is -0.330. The molecule has 3 unspecified atom stereocenters. The van der Waals surface area contributed by atoms with Crippen molar-refractivity contribution < 1.29 is 17.9 Å². The second kappa shape index (κ2) is 7.61. The molecule has 1 aliphatic rings. The van der Waals surface area contributed by atoms with E-state index in [1.807, 2.05) is 6.92 Å². The molecule has 1 rings (SSSR count). The highest BCUT2D eigenvalue weighted by atomic mass is 19.4. The number of nitrogens with two attached hydrogens (primary N) is 1. The Kier molecular flexibility index (Phi) is 6.75. The van der Waals surface area contributed by atoms with Crippen LogP contribution in [0.5, 0.6) is 0 Å². The lowest BCUT2D eigenvalue weighted by Gasteiger charge is -2.45. The van der Waals surface area contributed by atoms with Crippen LogP contribution in [-0.4, -0.2) is 24.4 Å². The Morgan fingerprint density at radius 3 is 2.65 bits per heavy atom. The molecule has 1 fully saturated rings. The van der Waals surface area contributed by atoms with Crippen LogP contribution in [-0.2, 0) is 4.74 Å². The summed E-state index contributed by atoms with van der Waals surface area (Å²) in [7, 11) is 0. The van der Waals surface area contributed by atoms with Crippen LogP contribution < -0.4 is 11.3 Å². The average Bonchev–Trinajstić information content (AvgIpc) is 2.33. The fraction of sp³-hybridized carbons (Fsp3) is 1.00. The van der Waals surface area contributed by atoms with E-state index in [0.717, 1.165) is 25.7 Å². The summed E-state index contributed by atoms with van der Waals surface area (Å²) < 4.78 is 42.8. The summed E-state index contributed by atoms with van der Waals surface area (Å²) in [5, 5.41) is 0. The van der Waals surface area contributed by atoms with Gasteiger partial charge in [0.05, 0.1) is 11.6 Å². The van der Waals surface area contributed by atoms with Gasteiger partial charge in [0.15, 0.2) is 0 Å². The van der Waals surface area contributed by atoms with Crippen molar-refractivity contribution in [3.05, 3.63) is 0 Å². The molecular formula is C14H27F3N2O. The first-order valence-electron chi connectivity index (χ1n) is 7.50. The highest BCUT2D eigenvalue weighted by Crippen LogP contribution is 2.39. The summed E-state index contributed by atoms with van der Waals surface area (Å²) in [6.45, 7) is 4.64. The fourth-order valence-corrected chi connectivity index (χ4v) is 3.38. The number of halogens is 3. The second-order valence-corrected chi connectivity index (χ2v) is 5.93. The standard InChI is InChI=1S/C14H27F3N2O/c1-3-20-13(8-4-6-11(2)10-13)12(19-18)7-5-9-14(15,16)17/h11-12,19H,3-10,18H2,1-2H3. The van der Waals surface area contributed by atoms with Gasteiger partial charge in [-0.05, 0) is 38.5 Å². The van der Waals surface area contributed by atoms with Crippen molar-refractivity contribution in [1.29, 1.82) is 0 Å². The SMILES string of the molecule is CCOC1(C(CCCC(F)(F)F)NN)CCCC(C)C1. The fourth-order valence-electron chi connectivity index (χ4n) is 3.38. The van der Waals surface area contributed by atoms with E-state index in [0.29, 0.717) is 18.9 Å². The van der Waals surface area contributed by atoms with Crippen LogP contribution >= 0.6 is 0 Å². The highest BCUT2D eigenvalue weighted by molar-refractivity contribution is 4.96. The third-order valence-electron chi connectivity index (χ3n) is 4.21. The van der Waals surface area contributed by atoms with E-state index >= 15 is 0 Å². The molecule has 0 radical (unpaired) electrons. The van der Waals surface area contributed by atoms with Gasteiger partial charge in [-0.25, -0.2) is 0 Å². The third-order valence-corrected chi connectivity index (χ3v) is 4.21. The second-order valence-electron chi connectivity index (χ2n) is 5.93. The summed E-state index contributed by atoms with van der Waals surface area (Å²) >= 11 is 0. The van der Waals surface area contributed by atoms with Crippen molar-refractivity contribution in [2.24, 2.45) is 11.8 Å². The summed E-state index contributed by atoms with van der Waals surface area (Å²) in [5.41, 5.74) is 2.30. The van der Waals surface area contributed by atoms with Crippen molar-refractivity contribution in [2.45, 2.75) is 76.6 Å². The van der Waals surface area contributed by atoms with Gasteiger partial charge in [0.2, 0.25) is 0 Å². The topological polar surface area (TPSA) is 47.3 Å². The normalized spacial score (nSPS) is 29.4. The van der Waals surface area contributed by atoms with Crippen LogP contribution in [0.15, 0.2) is 0 Å². The summed E-state index contributed by atoms with van der Waals surface area (Å²) in [6, 6.07) is -0.215. The molecule has 0 amide bonds. The van der Waals surface area contributed by atoms with Crippen LogP contribution in [0.1, 0.15) is 58.8 Å². The zero-order valence-corrected chi connectivity index (χ0v) is 12.4. The molecule has 0 spiro atoms. The van der Waals surface area contributed by atoms with Gasteiger partial charge in [-0.15, -0.1) is 0 Å². The molecule has 0 aromatic heterocycles. The molecule has 3 N–H and O–H groups in total. The van der Waals surface area contributed by atoms with E-state index in [1.165, 1.54) is 0 Å². The molecule has 3 nitrogen and oxygen atoms in total. The van der Waals surface area contributed by atoms with Gasteiger partial charge >= 0.3 is 6.18 Å². The number of alkyl halides is 3. The van der Waals surface area contributed by atoms with Crippen LogP contribution in [0.2, 0.25) is 0 Å². The molecular weight excluding hydrogens is 269 g/mol. The Bertz CT molecular complexity index is 282. The molecule has 0 heterocycles. The maximum absolute atomic E-state index is 12.3. The Morgan fingerprint density at radius 1 is 1.45 bits per heavy atom. The lowest BCUT2D eigenvalue weighted by atomic mass is 9.73. The molecule has 120 valence electrons. The largest absolute Gasteiger partial charge is 0.389 e. The molecule has 0 aliphatic heterocycles. The monoisotopic (exact) mass is 296 g/mol. The van der Waals surface area contributed by atoms with Crippen LogP contribution in [0.3, 0.4) is 0 Å². The molecule has 20 heavy (non-hydrogen) atoms. The number of nitrogens with one attached hydrogen (secondary N) is 1. The number of ether oxygens (including phenoxy) is 1. The maximum Gasteiger partial charge on any atom is 0.389 e. The van der Waals surface area contributed by atoms with Crippen molar-refractivity contribution >= 4 is 0 Å². The van der Waals surface area contributed by atoms with E-state index in [-0.39, 0.29) is 12.5 Å². The lowest BCUT2D eigenvalue weighted by Crippen LogP contribution is -2.57.